The molecular weight excluding hydrogens is 251 g/mol. The van der Waals surface area contributed by atoms with Crippen LogP contribution in [-0.4, -0.2) is 23.1 Å². The Morgan fingerprint density at radius 1 is 1.26 bits per heavy atom. The second kappa shape index (κ2) is 6.17. The molecule has 104 valence electrons. The Balaban J connectivity index is 2.71. The fraction of sp³-hybridized carbons (Fsp3) is 0.385. The SMILES string of the molecule is Cc1cc(F)cc(NC(=O)NC(C(=O)O)C(C)C)c1. The molecule has 1 rings (SSSR count). The predicted molar refractivity (Wildman–Crippen MR) is 69.6 cm³/mol. The monoisotopic (exact) mass is 268 g/mol. The first-order valence-corrected chi connectivity index (χ1v) is 5.87. The summed E-state index contributed by atoms with van der Waals surface area (Å²) in [6.45, 7) is 5.07. The summed E-state index contributed by atoms with van der Waals surface area (Å²) in [7, 11) is 0. The molecule has 0 aromatic heterocycles. The van der Waals surface area contributed by atoms with Gasteiger partial charge in [-0.3, -0.25) is 0 Å². The maximum Gasteiger partial charge on any atom is 0.326 e. The Labute approximate surface area is 110 Å². The van der Waals surface area contributed by atoms with Gasteiger partial charge in [0, 0.05) is 5.69 Å². The Hall–Kier alpha value is -2.11. The van der Waals surface area contributed by atoms with Crippen LogP contribution < -0.4 is 10.6 Å². The Kier molecular flexibility index (Phi) is 4.86. The number of rotatable bonds is 4. The van der Waals surface area contributed by atoms with Gasteiger partial charge in [-0.2, -0.15) is 0 Å². The van der Waals surface area contributed by atoms with Crippen molar-refractivity contribution in [3.63, 3.8) is 0 Å². The van der Waals surface area contributed by atoms with Gasteiger partial charge in [0.2, 0.25) is 0 Å². The summed E-state index contributed by atoms with van der Waals surface area (Å²) < 4.78 is 13.1. The molecule has 1 unspecified atom stereocenters. The lowest BCUT2D eigenvalue weighted by atomic mass is 10.1. The van der Waals surface area contributed by atoms with Crippen molar-refractivity contribution in [1.29, 1.82) is 0 Å². The Bertz CT molecular complexity index is 469. The Morgan fingerprint density at radius 3 is 2.37 bits per heavy atom. The molecule has 0 heterocycles. The number of carbonyl (C=O) groups is 2. The molecule has 0 spiro atoms. The number of nitrogens with one attached hydrogen (secondary N) is 2. The second-order valence-corrected chi connectivity index (χ2v) is 4.68. The lowest BCUT2D eigenvalue weighted by Crippen LogP contribution is -2.46. The van der Waals surface area contributed by atoms with Crippen LogP contribution >= 0.6 is 0 Å². The highest BCUT2D eigenvalue weighted by Crippen LogP contribution is 2.13. The third kappa shape index (κ3) is 4.57. The van der Waals surface area contributed by atoms with Crippen molar-refractivity contribution < 1.29 is 19.1 Å². The van der Waals surface area contributed by atoms with E-state index < -0.39 is 23.9 Å². The van der Waals surface area contributed by atoms with Crippen molar-refractivity contribution >= 4 is 17.7 Å². The number of hydrogen-bond acceptors (Lipinski definition) is 2. The smallest absolute Gasteiger partial charge is 0.326 e. The zero-order valence-electron chi connectivity index (χ0n) is 11.0. The average molecular weight is 268 g/mol. The number of aliphatic carboxylic acids is 1. The lowest BCUT2D eigenvalue weighted by molar-refractivity contribution is -0.140. The van der Waals surface area contributed by atoms with E-state index >= 15 is 0 Å². The van der Waals surface area contributed by atoms with Crippen LogP contribution in [0.5, 0.6) is 0 Å². The lowest BCUT2D eigenvalue weighted by Gasteiger charge is -2.18. The summed E-state index contributed by atoms with van der Waals surface area (Å²) in [5, 5.41) is 13.7. The number of urea groups is 1. The van der Waals surface area contributed by atoms with Crippen LogP contribution in [0.2, 0.25) is 0 Å². The molecule has 19 heavy (non-hydrogen) atoms. The van der Waals surface area contributed by atoms with Gasteiger partial charge < -0.3 is 15.7 Å². The number of aryl methyl sites for hydroxylation is 1. The molecule has 1 aromatic carbocycles. The van der Waals surface area contributed by atoms with Gasteiger partial charge in [0.1, 0.15) is 11.9 Å². The maximum absolute atomic E-state index is 13.1. The van der Waals surface area contributed by atoms with Gasteiger partial charge >= 0.3 is 12.0 Å². The van der Waals surface area contributed by atoms with E-state index in [2.05, 4.69) is 10.6 Å². The molecule has 0 aliphatic heterocycles. The van der Waals surface area contributed by atoms with E-state index in [0.717, 1.165) is 6.07 Å². The number of halogens is 1. The Morgan fingerprint density at radius 2 is 1.89 bits per heavy atom. The van der Waals surface area contributed by atoms with Gasteiger partial charge in [0.15, 0.2) is 0 Å². The van der Waals surface area contributed by atoms with Gasteiger partial charge in [-0.1, -0.05) is 13.8 Å². The minimum absolute atomic E-state index is 0.252. The zero-order valence-corrected chi connectivity index (χ0v) is 11.0. The van der Waals surface area contributed by atoms with Crippen LogP contribution in [0.4, 0.5) is 14.9 Å². The van der Waals surface area contributed by atoms with Crippen molar-refractivity contribution in [2.45, 2.75) is 26.8 Å². The van der Waals surface area contributed by atoms with Gasteiger partial charge in [-0.05, 0) is 36.6 Å². The molecule has 1 aromatic rings. The number of anilines is 1. The van der Waals surface area contributed by atoms with Crippen LogP contribution in [-0.2, 0) is 4.79 Å². The van der Waals surface area contributed by atoms with E-state index in [9.17, 15) is 14.0 Å². The summed E-state index contributed by atoms with van der Waals surface area (Å²) in [5.74, 6) is -1.83. The minimum Gasteiger partial charge on any atom is -0.480 e. The van der Waals surface area contributed by atoms with Crippen LogP contribution in [0, 0.1) is 18.7 Å². The largest absolute Gasteiger partial charge is 0.480 e. The number of carboxylic acid groups (broad SMARTS) is 1. The summed E-state index contributed by atoms with van der Waals surface area (Å²) in [4.78, 5) is 22.6. The number of carbonyl (C=O) groups excluding carboxylic acids is 1. The van der Waals surface area contributed by atoms with Gasteiger partial charge in [-0.25, -0.2) is 14.0 Å². The topological polar surface area (TPSA) is 78.4 Å². The van der Waals surface area contributed by atoms with Crippen molar-refractivity contribution in [3.05, 3.63) is 29.6 Å². The highest BCUT2D eigenvalue weighted by Gasteiger charge is 2.23. The van der Waals surface area contributed by atoms with Crippen molar-refractivity contribution in [2.24, 2.45) is 5.92 Å². The highest BCUT2D eigenvalue weighted by atomic mass is 19.1. The molecule has 0 bridgehead atoms. The van der Waals surface area contributed by atoms with E-state index in [-0.39, 0.29) is 11.6 Å². The van der Waals surface area contributed by atoms with Crippen LogP contribution in [0.15, 0.2) is 18.2 Å². The number of benzene rings is 1. The molecule has 0 radical (unpaired) electrons. The maximum atomic E-state index is 13.1. The van der Waals surface area contributed by atoms with Gasteiger partial charge in [0.05, 0.1) is 0 Å². The molecular formula is C13H17FN2O3. The third-order valence-electron chi connectivity index (χ3n) is 2.52. The van der Waals surface area contributed by atoms with Gasteiger partial charge in [-0.15, -0.1) is 0 Å². The number of carboxylic acids is 1. The fourth-order valence-electron chi connectivity index (χ4n) is 1.63. The quantitative estimate of drug-likeness (QED) is 0.784. The van der Waals surface area contributed by atoms with Crippen molar-refractivity contribution in [2.75, 3.05) is 5.32 Å². The van der Waals surface area contributed by atoms with E-state index in [4.69, 9.17) is 5.11 Å². The average Bonchev–Trinajstić information content (AvgIpc) is 2.23. The summed E-state index contributed by atoms with van der Waals surface area (Å²) in [6.07, 6.45) is 0. The van der Waals surface area contributed by atoms with E-state index in [1.165, 1.54) is 6.07 Å². The molecule has 0 aliphatic rings. The molecule has 0 saturated heterocycles. The number of amides is 2. The first kappa shape index (κ1) is 14.9. The highest BCUT2D eigenvalue weighted by molar-refractivity contribution is 5.92. The van der Waals surface area contributed by atoms with Crippen LogP contribution in [0.3, 0.4) is 0 Å². The van der Waals surface area contributed by atoms with Crippen molar-refractivity contribution in [1.82, 2.24) is 5.32 Å². The molecule has 0 saturated carbocycles. The van der Waals surface area contributed by atoms with E-state index in [1.807, 2.05) is 0 Å². The standard InChI is InChI=1S/C13H17FN2O3/c1-7(2)11(12(17)18)16-13(19)15-10-5-8(3)4-9(14)6-10/h4-7,11H,1-3H3,(H,17,18)(H2,15,16,19). The summed E-state index contributed by atoms with van der Waals surface area (Å²) >= 11 is 0. The first-order chi connectivity index (χ1) is 8.79. The van der Waals surface area contributed by atoms with E-state index in [0.29, 0.717) is 5.56 Å². The third-order valence-corrected chi connectivity index (χ3v) is 2.52. The molecule has 2 amide bonds. The molecule has 0 fully saturated rings. The normalized spacial score (nSPS) is 12.1. The second-order valence-electron chi connectivity index (χ2n) is 4.68. The number of hydrogen-bond donors (Lipinski definition) is 3. The van der Waals surface area contributed by atoms with Crippen LogP contribution in [0.1, 0.15) is 19.4 Å². The molecule has 6 heteroatoms. The van der Waals surface area contributed by atoms with Crippen LogP contribution in [0.25, 0.3) is 0 Å². The summed E-state index contributed by atoms with van der Waals surface area (Å²) in [6, 6.07) is 2.42. The van der Waals surface area contributed by atoms with Crippen molar-refractivity contribution in [3.8, 4) is 0 Å². The van der Waals surface area contributed by atoms with Gasteiger partial charge in [0.25, 0.3) is 0 Å². The fourth-order valence-corrected chi connectivity index (χ4v) is 1.63. The first-order valence-electron chi connectivity index (χ1n) is 5.87. The minimum atomic E-state index is -1.11. The molecule has 3 N–H and O–H groups in total. The van der Waals surface area contributed by atoms with E-state index in [1.54, 1.807) is 26.8 Å². The predicted octanol–water partition coefficient (Wildman–Crippen LogP) is 2.36. The molecule has 1 atom stereocenters. The molecule has 5 nitrogen and oxygen atoms in total. The summed E-state index contributed by atoms with van der Waals surface area (Å²) in [5.41, 5.74) is 0.942. The molecule has 0 aliphatic carbocycles. The zero-order chi connectivity index (χ0) is 14.6.